The fourth-order valence-electron chi connectivity index (χ4n) is 4.38. The third-order valence-corrected chi connectivity index (χ3v) is 6.45. The predicted octanol–water partition coefficient (Wildman–Crippen LogP) is 3.40. The van der Waals surface area contributed by atoms with Crippen molar-refractivity contribution in [2.75, 3.05) is 6.54 Å². The number of likely N-dealkylation sites (tertiary alicyclic amines) is 1. The minimum absolute atomic E-state index is 0.0244. The Balaban J connectivity index is 1.57. The summed E-state index contributed by atoms with van der Waals surface area (Å²) in [6.07, 6.45) is 5.30. The molecule has 23 heavy (non-hydrogen) atoms. The van der Waals surface area contributed by atoms with Gasteiger partial charge in [0, 0.05) is 22.7 Å². The van der Waals surface area contributed by atoms with E-state index in [2.05, 4.69) is 19.9 Å². The van der Waals surface area contributed by atoms with Crippen molar-refractivity contribution in [3.05, 3.63) is 21.4 Å². The first-order valence-corrected chi connectivity index (χ1v) is 9.37. The number of carboxylic acids is 1. The molecule has 4 nitrogen and oxygen atoms in total. The zero-order valence-corrected chi connectivity index (χ0v) is 14.7. The molecule has 0 radical (unpaired) electrons. The van der Waals surface area contributed by atoms with Gasteiger partial charge in [0.25, 0.3) is 0 Å². The Labute approximate surface area is 141 Å². The smallest absolute Gasteiger partial charge is 0.326 e. The Hall–Kier alpha value is -1.36. The molecule has 126 valence electrons. The second-order valence-corrected chi connectivity index (χ2v) is 8.44. The quantitative estimate of drug-likeness (QED) is 0.897. The second kappa shape index (κ2) is 6.63. The molecule has 3 atom stereocenters. The van der Waals surface area contributed by atoms with Gasteiger partial charge in [-0.1, -0.05) is 6.42 Å². The average molecular weight is 335 g/mol. The number of carbonyl (C=O) groups is 2. The SMILES string of the molecule is Cc1cc(CCCC(=O)N2CC3CCCC3C2C(=O)O)c(C)s1. The molecule has 1 aromatic heterocycles. The molecule has 1 aliphatic heterocycles. The molecule has 1 aromatic rings. The highest BCUT2D eigenvalue weighted by Crippen LogP contribution is 2.42. The van der Waals surface area contributed by atoms with E-state index in [1.54, 1.807) is 16.2 Å². The van der Waals surface area contributed by atoms with E-state index in [-0.39, 0.29) is 11.8 Å². The molecule has 0 bridgehead atoms. The highest BCUT2D eigenvalue weighted by atomic mass is 32.1. The van der Waals surface area contributed by atoms with Crippen LogP contribution >= 0.6 is 11.3 Å². The van der Waals surface area contributed by atoms with E-state index in [0.717, 1.165) is 32.1 Å². The van der Waals surface area contributed by atoms with E-state index in [9.17, 15) is 14.7 Å². The molecule has 3 unspecified atom stereocenters. The normalized spacial score (nSPS) is 26.5. The van der Waals surface area contributed by atoms with Crippen molar-refractivity contribution >= 4 is 23.2 Å². The Morgan fingerprint density at radius 3 is 2.78 bits per heavy atom. The summed E-state index contributed by atoms with van der Waals surface area (Å²) in [4.78, 5) is 28.4. The average Bonchev–Trinajstić information content (AvgIpc) is 3.12. The van der Waals surface area contributed by atoms with Crippen LogP contribution in [-0.2, 0) is 16.0 Å². The zero-order valence-electron chi connectivity index (χ0n) is 13.9. The molecule has 1 aliphatic carbocycles. The maximum atomic E-state index is 12.5. The molecule has 2 aliphatic rings. The Morgan fingerprint density at radius 2 is 2.13 bits per heavy atom. The molecule has 5 heteroatoms. The summed E-state index contributed by atoms with van der Waals surface area (Å²) < 4.78 is 0. The molecule has 1 saturated carbocycles. The lowest BCUT2D eigenvalue weighted by molar-refractivity contribution is -0.149. The molecule has 1 amide bonds. The summed E-state index contributed by atoms with van der Waals surface area (Å²) in [6.45, 7) is 4.88. The first kappa shape index (κ1) is 16.5. The van der Waals surface area contributed by atoms with Crippen molar-refractivity contribution in [2.45, 2.75) is 58.4 Å². The van der Waals surface area contributed by atoms with Gasteiger partial charge in [-0.05, 0) is 63.0 Å². The summed E-state index contributed by atoms with van der Waals surface area (Å²) in [7, 11) is 0. The van der Waals surface area contributed by atoms with Crippen molar-refractivity contribution in [3.8, 4) is 0 Å². The van der Waals surface area contributed by atoms with Crippen LogP contribution in [0.25, 0.3) is 0 Å². The van der Waals surface area contributed by atoms with Crippen molar-refractivity contribution in [2.24, 2.45) is 11.8 Å². The Morgan fingerprint density at radius 1 is 1.35 bits per heavy atom. The predicted molar refractivity (Wildman–Crippen MR) is 90.7 cm³/mol. The molecule has 3 rings (SSSR count). The third kappa shape index (κ3) is 3.30. The largest absolute Gasteiger partial charge is 0.480 e. The minimum atomic E-state index is -0.822. The van der Waals surface area contributed by atoms with Crippen LogP contribution in [0.2, 0.25) is 0 Å². The second-order valence-electron chi connectivity index (χ2n) is 6.98. The van der Waals surface area contributed by atoms with E-state index < -0.39 is 12.0 Å². The van der Waals surface area contributed by atoms with Gasteiger partial charge < -0.3 is 10.0 Å². The van der Waals surface area contributed by atoms with Crippen LogP contribution in [0.4, 0.5) is 0 Å². The minimum Gasteiger partial charge on any atom is -0.480 e. The van der Waals surface area contributed by atoms with Crippen LogP contribution in [0.3, 0.4) is 0 Å². The van der Waals surface area contributed by atoms with E-state index in [4.69, 9.17) is 0 Å². The number of thiophene rings is 1. The van der Waals surface area contributed by atoms with Crippen LogP contribution in [-0.4, -0.2) is 34.5 Å². The van der Waals surface area contributed by atoms with Gasteiger partial charge in [-0.2, -0.15) is 0 Å². The monoisotopic (exact) mass is 335 g/mol. The Bertz CT molecular complexity index is 609. The number of carboxylic acid groups (broad SMARTS) is 1. The van der Waals surface area contributed by atoms with Crippen molar-refractivity contribution in [3.63, 3.8) is 0 Å². The van der Waals surface area contributed by atoms with Crippen molar-refractivity contribution < 1.29 is 14.7 Å². The first-order valence-electron chi connectivity index (χ1n) is 8.55. The maximum absolute atomic E-state index is 12.5. The number of hydrogen-bond acceptors (Lipinski definition) is 3. The molecule has 2 heterocycles. The van der Waals surface area contributed by atoms with Crippen LogP contribution in [0, 0.1) is 25.7 Å². The van der Waals surface area contributed by atoms with Crippen LogP contribution < -0.4 is 0 Å². The van der Waals surface area contributed by atoms with Crippen molar-refractivity contribution in [1.29, 1.82) is 0 Å². The summed E-state index contributed by atoms with van der Waals surface area (Å²) in [5, 5.41) is 9.53. The van der Waals surface area contributed by atoms with Gasteiger partial charge in [-0.25, -0.2) is 4.79 Å². The molecule has 0 aromatic carbocycles. The molecular formula is C18H25NO3S. The van der Waals surface area contributed by atoms with Crippen LogP contribution in [0.1, 0.15) is 47.4 Å². The number of aliphatic carboxylic acids is 1. The van der Waals surface area contributed by atoms with Gasteiger partial charge in [0.05, 0.1) is 0 Å². The highest BCUT2D eigenvalue weighted by Gasteiger charge is 2.49. The topological polar surface area (TPSA) is 57.6 Å². The number of aryl methyl sites for hydroxylation is 3. The summed E-state index contributed by atoms with van der Waals surface area (Å²) in [5.41, 5.74) is 1.33. The fraction of sp³-hybridized carbons (Fsp3) is 0.667. The van der Waals surface area contributed by atoms with E-state index in [0.29, 0.717) is 18.9 Å². The number of fused-ring (bicyclic) bond motifs is 1. The van der Waals surface area contributed by atoms with E-state index in [1.807, 2.05) is 0 Å². The van der Waals surface area contributed by atoms with Crippen LogP contribution in [0.5, 0.6) is 0 Å². The number of rotatable bonds is 5. The molecule has 1 saturated heterocycles. The lowest BCUT2D eigenvalue weighted by Gasteiger charge is -2.24. The zero-order chi connectivity index (χ0) is 16.6. The van der Waals surface area contributed by atoms with E-state index in [1.165, 1.54) is 15.3 Å². The van der Waals surface area contributed by atoms with Gasteiger partial charge in [0.15, 0.2) is 0 Å². The van der Waals surface area contributed by atoms with Gasteiger partial charge in [0.2, 0.25) is 5.91 Å². The first-order chi connectivity index (χ1) is 11.0. The van der Waals surface area contributed by atoms with Gasteiger partial charge in [-0.15, -0.1) is 11.3 Å². The maximum Gasteiger partial charge on any atom is 0.326 e. The lowest BCUT2D eigenvalue weighted by Crippen LogP contribution is -2.43. The molecular weight excluding hydrogens is 310 g/mol. The number of hydrogen-bond donors (Lipinski definition) is 1. The van der Waals surface area contributed by atoms with Gasteiger partial charge in [-0.3, -0.25) is 4.79 Å². The summed E-state index contributed by atoms with van der Waals surface area (Å²) in [6, 6.07) is 1.62. The molecule has 0 spiro atoms. The number of nitrogens with zero attached hydrogens (tertiary/aromatic N) is 1. The van der Waals surface area contributed by atoms with E-state index >= 15 is 0 Å². The molecule has 2 fully saturated rings. The Kier molecular flexibility index (Phi) is 4.76. The molecule has 1 N–H and O–H groups in total. The number of carbonyl (C=O) groups excluding carboxylic acids is 1. The van der Waals surface area contributed by atoms with Crippen LogP contribution in [0.15, 0.2) is 6.07 Å². The van der Waals surface area contributed by atoms with Gasteiger partial charge >= 0.3 is 5.97 Å². The van der Waals surface area contributed by atoms with Crippen molar-refractivity contribution in [1.82, 2.24) is 4.90 Å². The number of amides is 1. The van der Waals surface area contributed by atoms with Gasteiger partial charge in [0.1, 0.15) is 6.04 Å². The lowest BCUT2D eigenvalue weighted by atomic mass is 9.94. The summed E-state index contributed by atoms with van der Waals surface area (Å²) >= 11 is 1.80. The summed E-state index contributed by atoms with van der Waals surface area (Å²) in [5.74, 6) is -0.214. The standard InChI is InChI=1S/C18H25NO3S/c1-11-9-13(12(2)23-11)5-4-8-16(20)19-10-14-6-3-7-15(14)17(19)18(21)22/h9,14-15,17H,3-8,10H2,1-2H3,(H,21,22). The third-order valence-electron chi connectivity index (χ3n) is 5.44. The fourth-order valence-corrected chi connectivity index (χ4v) is 5.36. The highest BCUT2D eigenvalue weighted by molar-refractivity contribution is 7.12.